The van der Waals surface area contributed by atoms with Gasteiger partial charge in [0.25, 0.3) is 40.5 Å². The minimum absolute atomic E-state index is 0.0666. The molecule has 5 aromatic rings. The van der Waals surface area contributed by atoms with E-state index in [1.807, 2.05) is 45.9 Å². The van der Waals surface area contributed by atoms with Crippen molar-refractivity contribution in [2.75, 3.05) is 0 Å². The molecule has 0 aromatic heterocycles. The predicted molar refractivity (Wildman–Crippen MR) is 195 cm³/mol. The summed E-state index contributed by atoms with van der Waals surface area (Å²) in [4.78, 5) is -0.266. The molecule has 0 saturated heterocycles. The Morgan fingerprint density at radius 2 is 0.431 bits per heavy atom. The zero-order valence-corrected chi connectivity index (χ0v) is 31.6. The van der Waals surface area contributed by atoms with Crippen LogP contribution in [0.5, 0.6) is 0 Å². The molecule has 16 heteroatoms. The summed E-state index contributed by atoms with van der Waals surface area (Å²) in [7, 11) is -16.1. The Balaban J connectivity index is 0.000000321. The number of benzene rings is 5. The predicted octanol–water partition coefficient (Wildman–Crippen LogP) is 6.96. The van der Waals surface area contributed by atoms with Gasteiger partial charge in [-0.2, -0.15) is 33.7 Å². The molecule has 0 aliphatic carbocycles. The van der Waals surface area contributed by atoms with Crippen molar-refractivity contribution in [2.24, 2.45) is 0 Å². The maximum atomic E-state index is 10.5. The Labute approximate surface area is 300 Å². The summed E-state index contributed by atoms with van der Waals surface area (Å²) in [5.74, 6) is 0. The molecule has 0 spiro atoms. The highest BCUT2D eigenvalue weighted by molar-refractivity contribution is 7.86. The first kappa shape index (κ1) is 44.8. The second-order valence-electron chi connectivity index (χ2n) is 10.8. The molecular weight excluding hydrogens is 741 g/mol. The van der Waals surface area contributed by atoms with E-state index in [9.17, 15) is 33.7 Å². The smallest absolute Gasteiger partial charge is 0.282 e. The van der Waals surface area contributed by atoms with Crippen molar-refractivity contribution in [2.45, 2.75) is 54.2 Å². The van der Waals surface area contributed by atoms with Gasteiger partial charge in [-0.25, -0.2) is 0 Å². The van der Waals surface area contributed by atoms with E-state index >= 15 is 0 Å². The van der Waals surface area contributed by atoms with Crippen LogP contribution in [0.4, 0.5) is 0 Å². The first-order valence-electron chi connectivity index (χ1n) is 14.6. The summed E-state index contributed by atoms with van der Waals surface area (Å²) in [6, 6.07) is 34.2. The Kier molecular flexibility index (Phi) is 17.5. The van der Waals surface area contributed by atoms with Gasteiger partial charge in [0.2, 0.25) is 0 Å². The number of hydrogen-bond acceptors (Lipinski definition) is 8. The third-order valence-electron chi connectivity index (χ3n) is 6.22. The maximum Gasteiger partial charge on any atom is 0.294 e. The highest BCUT2D eigenvalue weighted by Gasteiger charge is 2.09. The lowest BCUT2D eigenvalue weighted by Gasteiger charge is -1.95. The summed E-state index contributed by atoms with van der Waals surface area (Å²) in [5.41, 5.74) is 5.15. The van der Waals surface area contributed by atoms with Gasteiger partial charge in [0.15, 0.2) is 0 Å². The monoisotopic (exact) mass is 780 g/mol. The van der Waals surface area contributed by atoms with Crippen LogP contribution in [0.15, 0.2) is 147 Å². The minimum Gasteiger partial charge on any atom is -0.282 e. The molecule has 0 saturated carbocycles. The Morgan fingerprint density at radius 1 is 0.275 bits per heavy atom. The molecule has 5 rings (SSSR count). The first-order valence-corrected chi connectivity index (χ1v) is 20.3. The van der Waals surface area contributed by atoms with Gasteiger partial charge in [0.05, 0.1) is 19.6 Å². The van der Waals surface area contributed by atoms with E-state index in [-0.39, 0.29) is 19.6 Å². The standard InChI is InChI=1S/4C7H8O3S.C7H8/c4*1-6-2-4-7(5-3-6)11(8,9)10;1-7-5-3-2-4-6-7/h4*2-5H,1H3,(H,8,9,10);2-6H,1H3. The summed E-state index contributed by atoms with van der Waals surface area (Å²) in [5, 5.41) is 0. The molecule has 0 heterocycles. The fraction of sp³-hybridized carbons (Fsp3) is 0.143. The van der Waals surface area contributed by atoms with E-state index in [1.54, 1.807) is 48.5 Å². The Morgan fingerprint density at radius 3 is 0.549 bits per heavy atom. The molecule has 276 valence electrons. The van der Waals surface area contributed by atoms with Gasteiger partial charge in [-0.05, 0) is 83.1 Å². The lowest BCUT2D eigenvalue weighted by Crippen LogP contribution is -1.96. The van der Waals surface area contributed by atoms with Gasteiger partial charge in [-0.3, -0.25) is 18.2 Å². The molecule has 12 nitrogen and oxygen atoms in total. The third kappa shape index (κ3) is 19.1. The van der Waals surface area contributed by atoms with Crippen molar-refractivity contribution in [3.63, 3.8) is 0 Å². The van der Waals surface area contributed by atoms with Crippen LogP contribution in [0, 0.1) is 34.6 Å². The van der Waals surface area contributed by atoms with Gasteiger partial charge < -0.3 is 0 Å². The van der Waals surface area contributed by atoms with Crippen molar-refractivity contribution in [3.8, 4) is 0 Å². The van der Waals surface area contributed by atoms with E-state index < -0.39 is 40.5 Å². The molecule has 0 bridgehead atoms. The molecule has 5 aromatic carbocycles. The van der Waals surface area contributed by atoms with Crippen molar-refractivity contribution < 1.29 is 51.9 Å². The SMILES string of the molecule is Cc1ccc(S(=O)(=O)O)cc1.Cc1ccc(S(=O)(=O)O)cc1.Cc1ccc(S(=O)(=O)O)cc1.Cc1ccc(S(=O)(=O)O)cc1.Cc1ccccc1. The fourth-order valence-electron chi connectivity index (χ4n) is 3.38. The zero-order chi connectivity index (χ0) is 39.0. The van der Waals surface area contributed by atoms with E-state index in [4.69, 9.17) is 18.2 Å². The lowest BCUT2D eigenvalue weighted by atomic mass is 10.2. The summed E-state index contributed by atoms with van der Waals surface area (Å²) in [6.45, 7) is 9.45. The molecular formula is C35H40O12S4. The largest absolute Gasteiger partial charge is 0.294 e. The third-order valence-corrected chi connectivity index (χ3v) is 9.69. The van der Waals surface area contributed by atoms with Crippen LogP contribution in [-0.2, 0) is 40.5 Å². The second kappa shape index (κ2) is 20.0. The Bertz CT molecular complexity index is 1940. The molecule has 0 amide bonds. The summed E-state index contributed by atoms with van der Waals surface area (Å²) in [6.07, 6.45) is 0. The van der Waals surface area contributed by atoms with E-state index in [0.29, 0.717) is 0 Å². The van der Waals surface area contributed by atoms with Crippen LogP contribution in [0.2, 0.25) is 0 Å². The van der Waals surface area contributed by atoms with Gasteiger partial charge in [0, 0.05) is 0 Å². The van der Waals surface area contributed by atoms with Crippen LogP contribution in [0.25, 0.3) is 0 Å². The van der Waals surface area contributed by atoms with Gasteiger partial charge in [-0.15, -0.1) is 0 Å². The van der Waals surface area contributed by atoms with Crippen molar-refractivity contribution in [3.05, 3.63) is 155 Å². The summed E-state index contributed by atoms with van der Waals surface area (Å²) >= 11 is 0. The zero-order valence-electron chi connectivity index (χ0n) is 28.3. The number of hydrogen-bond donors (Lipinski definition) is 4. The van der Waals surface area contributed by atoms with Gasteiger partial charge in [-0.1, -0.05) is 107 Å². The van der Waals surface area contributed by atoms with E-state index in [2.05, 4.69) is 19.1 Å². The van der Waals surface area contributed by atoms with Crippen LogP contribution >= 0.6 is 0 Å². The molecule has 0 atom stereocenters. The topological polar surface area (TPSA) is 217 Å². The number of aryl methyl sites for hydroxylation is 5. The summed E-state index contributed by atoms with van der Waals surface area (Å²) < 4.78 is 118. The fourth-order valence-corrected chi connectivity index (χ4v) is 5.30. The average Bonchev–Trinajstić information content (AvgIpc) is 3.02. The highest BCUT2D eigenvalue weighted by atomic mass is 32.2. The van der Waals surface area contributed by atoms with Gasteiger partial charge in [0.1, 0.15) is 0 Å². The molecule has 0 radical (unpaired) electrons. The van der Waals surface area contributed by atoms with Crippen LogP contribution in [0.3, 0.4) is 0 Å². The Hall–Kier alpha value is -4.26. The highest BCUT2D eigenvalue weighted by Crippen LogP contribution is 2.11. The van der Waals surface area contributed by atoms with Crippen molar-refractivity contribution in [1.29, 1.82) is 0 Å². The number of rotatable bonds is 4. The molecule has 0 aliphatic rings. The molecule has 4 N–H and O–H groups in total. The van der Waals surface area contributed by atoms with Crippen LogP contribution in [0.1, 0.15) is 27.8 Å². The lowest BCUT2D eigenvalue weighted by molar-refractivity contribution is 0.481. The van der Waals surface area contributed by atoms with Gasteiger partial charge >= 0.3 is 0 Å². The average molecular weight is 781 g/mol. The normalized spacial score (nSPS) is 11.1. The van der Waals surface area contributed by atoms with Crippen LogP contribution < -0.4 is 0 Å². The molecule has 0 fully saturated rings. The second-order valence-corrected chi connectivity index (χ2v) is 16.5. The molecule has 51 heavy (non-hydrogen) atoms. The van der Waals surface area contributed by atoms with Crippen LogP contribution in [-0.4, -0.2) is 51.9 Å². The van der Waals surface area contributed by atoms with E-state index in [0.717, 1.165) is 22.3 Å². The van der Waals surface area contributed by atoms with Crippen molar-refractivity contribution in [1.82, 2.24) is 0 Å². The minimum atomic E-state index is -4.02. The maximum absolute atomic E-state index is 10.5. The van der Waals surface area contributed by atoms with Crippen molar-refractivity contribution >= 4 is 40.5 Å². The molecule has 0 unspecified atom stereocenters. The molecule has 0 aliphatic heterocycles. The van der Waals surface area contributed by atoms with E-state index in [1.165, 1.54) is 54.1 Å². The quantitative estimate of drug-likeness (QED) is 0.136. The first-order chi connectivity index (χ1) is 23.4.